The molecule has 1 unspecified atom stereocenters. The number of rotatable bonds is 4. The molecular formula is C24H20BrN3O2. The van der Waals surface area contributed by atoms with E-state index in [1.165, 1.54) is 0 Å². The van der Waals surface area contributed by atoms with Crippen molar-refractivity contribution in [2.24, 2.45) is 0 Å². The average Bonchev–Trinajstić information content (AvgIpc) is 3.16. The van der Waals surface area contributed by atoms with Gasteiger partial charge in [-0.25, -0.2) is 4.98 Å². The van der Waals surface area contributed by atoms with Crippen LogP contribution >= 0.6 is 15.9 Å². The number of benzene rings is 3. The molecule has 5 rings (SSSR count). The standard InChI is InChI=1S/C24H20BrN3O2/c1-29-22-11-10-16(13-23(22)30-2)21-14-19(15-6-5-7-17(25)12-15)27-24-26-18-8-3-4-9-20(18)28(21)24/h3-14,21H,1-2H3,(H,26,27). The Bertz CT molecular complexity index is 1280. The Morgan fingerprint density at radius 1 is 0.933 bits per heavy atom. The van der Waals surface area contributed by atoms with Gasteiger partial charge in [-0.3, -0.25) is 4.57 Å². The van der Waals surface area contributed by atoms with Crippen LogP contribution in [0.5, 0.6) is 11.5 Å². The molecule has 2 heterocycles. The van der Waals surface area contributed by atoms with E-state index in [9.17, 15) is 0 Å². The molecule has 0 fully saturated rings. The monoisotopic (exact) mass is 461 g/mol. The largest absolute Gasteiger partial charge is 0.493 e. The van der Waals surface area contributed by atoms with E-state index in [0.29, 0.717) is 11.5 Å². The van der Waals surface area contributed by atoms with E-state index in [1.54, 1.807) is 14.2 Å². The SMILES string of the molecule is COc1ccc(C2C=C(c3cccc(Br)c3)Nc3nc4ccccc4n32)cc1OC. The molecule has 3 aromatic carbocycles. The predicted octanol–water partition coefficient (Wildman–Crippen LogP) is 5.87. The number of imidazole rings is 1. The number of hydrogen-bond acceptors (Lipinski definition) is 4. The van der Waals surface area contributed by atoms with Crippen molar-refractivity contribution in [2.75, 3.05) is 19.5 Å². The average molecular weight is 462 g/mol. The Kier molecular flexibility index (Phi) is 4.71. The molecule has 0 saturated heterocycles. The first kappa shape index (κ1) is 18.8. The second-order valence-electron chi connectivity index (χ2n) is 7.07. The third-order valence-corrected chi connectivity index (χ3v) is 5.82. The molecule has 1 aliphatic heterocycles. The first-order valence-corrected chi connectivity index (χ1v) is 10.4. The zero-order valence-corrected chi connectivity index (χ0v) is 18.2. The molecule has 0 saturated carbocycles. The predicted molar refractivity (Wildman–Crippen MR) is 123 cm³/mol. The maximum atomic E-state index is 5.56. The molecule has 1 aromatic heterocycles. The van der Waals surface area contributed by atoms with Gasteiger partial charge in [0.25, 0.3) is 0 Å². The number of nitrogens with one attached hydrogen (secondary N) is 1. The molecular weight excluding hydrogens is 442 g/mol. The van der Waals surface area contributed by atoms with Crippen LogP contribution in [0.15, 0.2) is 77.3 Å². The highest BCUT2D eigenvalue weighted by Crippen LogP contribution is 2.39. The van der Waals surface area contributed by atoms with Crippen LogP contribution in [0, 0.1) is 0 Å². The highest BCUT2D eigenvalue weighted by Gasteiger charge is 2.26. The van der Waals surface area contributed by atoms with Gasteiger partial charge >= 0.3 is 0 Å². The maximum Gasteiger partial charge on any atom is 0.209 e. The lowest BCUT2D eigenvalue weighted by molar-refractivity contribution is 0.354. The minimum atomic E-state index is -0.0533. The minimum absolute atomic E-state index is 0.0533. The van der Waals surface area contributed by atoms with E-state index in [1.807, 2.05) is 42.5 Å². The number of ether oxygens (including phenoxy) is 2. The number of nitrogens with zero attached hydrogens (tertiary/aromatic N) is 2. The molecule has 4 aromatic rings. The van der Waals surface area contributed by atoms with E-state index in [-0.39, 0.29) is 6.04 Å². The smallest absolute Gasteiger partial charge is 0.209 e. The molecule has 5 nitrogen and oxygen atoms in total. The number of halogens is 1. The summed E-state index contributed by atoms with van der Waals surface area (Å²) in [6.45, 7) is 0. The lowest BCUT2D eigenvalue weighted by Crippen LogP contribution is -2.19. The number of allylic oxidation sites excluding steroid dienone is 1. The van der Waals surface area contributed by atoms with Crippen molar-refractivity contribution in [3.05, 3.63) is 88.4 Å². The van der Waals surface area contributed by atoms with E-state index in [2.05, 4.69) is 56.2 Å². The summed E-state index contributed by atoms with van der Waals surface area (Å²) in [4.78, 5) is 4.85. The summed E-state index contributed by atoms with van der Waals surface area (Å²) in [5.74, 6) is 2.23. The summed E-state index contributed by atoms with van der Waals surface area (Å²) in [5, 5.41) is 3.52. The van der Waals surface area contributed by atoms with Crippen molar-refractivity contribution in [1.82, 2.24) is 9.55 Å². The number of hydrogen-bond donors (Lipinski definition) is 1. The summed E-state index contributed by atoms with van der Waals surface area (Å²) < 4.78 is 14.2. The highest BCUT2D eigenvalue weighted by molar-refractivity contribution is 9.10. The van der Waals surface area contributed by atoms with Crippen LogP contribution in [-0.4, -0.2) is 23.8 Å². The van der Waals surface area contributed by atoms with Gasteiger partial charge in [0.05, 0.1) is 31.3 Å². The quantitative estimate of drug-likeness (QED) is 0.412. The Balaban J connectivity index is 1.72. The second-order valence-corrected chi connectivity index (χ2v) is 7.98. The summed E-state index contributed by atoms with van der Waals surface area (Å²) in [6, 6.07) is 22.4. The maximum absolute atomic E-state index is 5.56. The molecule has 30 heavy (non-hydrogen) atoms. The molecule has 0 spiro atoms. The molecule has 0 amide bonds. The van der Waals surface area contributed by atoms with Crippen LogP contribution in [0.4, 0.5) is 5.95 Å². The Morgan fingerprint density at radius 3 is 2.57 bits per heavy atom. The lowest BCUT2D eigenvalue weighted by atomic mass is 10.0. The normalized spacial score (nSPS) is 15.3. The van der Waals surface area contributed by atoms with E-state index >= 15 is 0 Å². The zero-order chi connectivity index (χ0) is 20.7. The highest BCUT2D eigenvalue weighted by atomic mass is 79.9. The van der Waals surface area contributed by atoms with Crippen molar-refractivity contribution in [2.45, 2.75) is 6.04 Å². The van der Waals surface area contributed by atoms with E-state index in [0.717, 1.165) is 38.3 Å². The fraction of sp³-hybridized carbons (Fsp3) is 0.125. The van der Waals surface area contributed by atoms with E-state index < -0.39 is 0 Å². The number of anilines is 1. The molecule has 1 aliphatic rings. The molecule has 1 N–H and O–H groups in total. The van der Waals surface area contributed by atoms with Gasteiger partial charge in [0, 0.05) is 10.2 Å². The third kappa shape index (κ3) is 3.13. The third-order valence-electron chi connectivity index (χ3n) is 5.33. The van der Waals surface area contributed by atoms with Crippen molar-refractivity contribution in [1.29, 1.82) is 0 Å². The Hall–Kier alpha value is -3.25. The van der Waals surface area contributed by atoms with Crippen LogP contribution in [0.25, 0.3) is 16.7 Å². The van der Waals surface area contributed by atoms with Crippen LogP contribution in [0.1, 0.15) is 17.2 Å². The zero-order valence-electron chi connectivity index (χ0n) is 16.6. The van der Waals surface area contributed by atoms with Crippen molar-refractivity contribution < 1.29 is 9.47 Å². The number of fused-ring (bicyclic) bond motifs is 3. The summed E-state index contributed by atoms with van der Waals surface area (Å²) in [6.07, 6.45) is 2.23. The number of para-hydroxylation sites is 2. The van der Waals surface area contributed by atoms with Crippen LogP contribution < -0.4 is 14.8 Å². The summed E-state index contributed by atoms with van der Waals surface area (Å²) in [5.41, 5.74) is 5.22. The van der Waals surface area contributed by atoms with Gasteiger partial charge in [0.1, 0.15) is 0 Å². The molecule has 0 aliphatic carbocycles. The summed E-state index contributed by atoms with van der Waals surface area (Å²) >= 11 is 3.58. The molecule has 0 bridgehead atoms. The van der Waals surface area contributed by atoms with Gasteiger partial charge in [-0.2, -0.15) is 0 Å². The molecule has 6 heteroatoms. The number of aromatic nitrogens is 2. The van der Waals surface area contributed by atoms with Crippen LogP contribution in [-0.2, 0) is 0 Å². The van der Waals surface area contributed by atoms with Gasteiger partial charge in [-0.1, -0.05) is 46.3 Å². The van der Waals surface area contributed by atoms with Gasteiger partial charge in [0.15, 0.2) is 11.5 Å². The molecule has 150 valence electrons. The lowest BCUT2D eigenvalue weighted by Gasteiger charge is -2.27. The first-order valence-electron chi connectivity index (χ1n) is 9.61. The van der Waals surface area contributed by atoms with Gasteiger partial charge in [-0.05, 0) is 53.6 Å². The number of methoxy groups -OCH3 is 2. The van der Waals surface area contributed by atoms with Gasteiger partial charge in [0.2, 0.25) is 5.95 Å². The van der Waals surface area contributed by atoms with Gasteiger partial charge in [-0.15, -0.1) is 0 Å². The minimum Gasteiger partial charge on any atom is -0.493 e. The fourth-order valence-electron chi connectivity index (χ4n) is 3.92. The van der Waals surface area contributed by atoms with Gasteiger partial charge < -0.3 is 14.8 Å². The fourth-order valence-corrected chi connectivity index (χ4v) is 4.31. The Morgan fingerprint density at radius 2 is 1.77 bits per heavy atom. The van der Waals surface area contributed by atoms with Crippen molar-refractivity contribution in [3.63, 3.8) is 0 Å². The second kappa shape index (κ2) is 7.54. The van der Waals surface area contributed by atoms with Crippen LogP contribution in [0.2, 0.25) is 0 Å². The van der Waals surface area contributed by atoms with Crippen LogP contribution in [0.3, 0.4) is 0 Å². The van der Waals surface area contributed by atoms with Crippen molar-refractivity contribution in [3.8, 4) is 11.5 Å². The molecule has 1 atom stereocenters. The first-order chi connectivity index (χ1) is 14.7. The topological polar surface area (TPSA) is 48.3 Å². The Labute approximate surface area is 183 Å². The summed E-state index contributed by atoms with van der Waals surface area (Å²) in [7, 11) is 3.31. The molecule has 0 radical (unpaired) electrons. The van der Waals surface area contributed by atoms with E-state index in [4.69, 9.17) is 14.5 Å². The van der Waals surface area contributed by atoms with Crippen molar-refractivity contribution >= 4 is 38.6 Å².